The van der Waals surface area contributed by atoms with Crippen LogP contribution in [-0.4, -0.2) is 22.7 Å². The molecule has 0 radical (unpaired) electrons. The van der Waals surface area contributed by atoms with Gasteiger partial charge < -0.3 is 18.4 Å². The number of benzene rings is 4. The Morgan fingerprint density at radius 3 is 1.62 bits per heavy atom. The van der Waals surface area contributed by atoms with Gasteiger partial charge in [0, 0.05) is 33.6 Å². The number of ether oxygens (including phenoxy) is 2. The van der Waals surface area contributed by atoms with Crippen LogP contribution in [0.2, 0.25) is 0 Å². The molecule has 10 rings (SSSR count). The molecular weight excluding hydrogens is 418 g/mol. The molecule has 6 aromatic rings. The standard InChI is InChI=1S/C28H14B2N2O2/c1-3-7-19-17(5-1)29-25-21(33-19)14-22-26-23(25)24-27-15(9-11-31(27)29)13-16-10-12-32(28(16)24)30(26)18-6-2-4-8-20(18)34-22/h1-14H. The van der Waals surface area contributed by atoms with Crippen molar-refractivity contribution in [1.82, 2.24) is 8.96 Å². The van der Waals surface area contributed by atoms with Crippen molar-refractivity contribution < 1.29 is 9.47 Å². The fraction of sp³-hybridized carbons (Fsp3) is 0. The highest BCUT2D eigenvalue weighted by Gasteiger charge is 2.48. The molecule has 0 N–H and O–H groups in total. The minimum atomic E-state index is 0.0852. The van der Waals surface area contributed by atoms with Crippen molar-refractivity contribution in [1.29, 1.82) is 0 Å². The molecule has 0 saturated carbocycles. The molecule has 0 bridgehead atoms. The van der Waals surface area contributed by atoms with Crippen molar-refractivity contribution in [3.05, 3.63) is 85.2 Å². The molecule has 4 nitrogen and oxygen atoms in total. The minimum absolute atomic E-state index is 0.0852. The van der Waals surface area contributed by atoms with E-state index in [1.165, 1.54) is 54.8 Å². The number of rotatable bonds is 0. The van der Waals surface area contributed by atoms with Gasteiger partial charge in [-0.05, 0) is 70.0 Å². The number of fused-ring (bicyclic) bond motifs is 6. The van der Waals surface area contributed by atoms with Gasteiger partial charge in [-0.25, -0.2) is 0 Å². The smallest absolute Gasteiger partial charge is 0.335 e. The number of hydrogen-bond acceptors (Lipinski definition) is 2. The molecule has 0 aliphatic carbocycles. The fourth-order valence-electron chi connectivity index (χ4n) is 7.02. The van der Waals surface area contributed by atoms with Gasteiger partial charge in [0.1, 0.15) is 23.0 Å². The zero-order chi connectivity index (χ0) is 21.7. The van der Waals surface area contributed by atoms with Crippen LogP contribution in [0.25, 0.3) is 32.9 Å². The molecule has 4 aliphatic heterocycles. The zero-order valence-electron chi connectivity index (χ0n) is 17.9. The van der Waals surface area contributed by atoms with Crippen molar-refractivity contribution >= 4 is 57.4 Å². The quantitative estimate of drug-likeness (QED) is 0.344. The Kier molecular flexibility index (Phi) is 2.45. The van der Waals surface area contributed by atoms with Crippen molar-refractivity contribution in [3.63, 3.8) is 0 Å². The summed E-state index contributed by atoms with van der Waals surface area (Å²) < 4.78 is 18.1. The highest BCUT2D eigenvalue weighted by Crippen LogP contribution is 2.47. The topological polar surface area (TPSA) is 28.3 Å². The second kappa shape index (κ2) is 5.10. The van der Waals surface area contributed by atoms with Crippen LogP contribution in [0, 0.1) is 0 Å². The maximum Gasteiger partial charge on any atom is 0.335 e. The first-order chi connectivity index (χ1) is 16.9. The van der Waals surface area contributed by atoms with Crippen LogP contribution in [0.4, 0.5) is 0 Å². The van der Waals surface area contributed by atoms with Gasteiger partial charge in [0.25, 0.3) is 0 Å². The number of aromatic nitrogens is 2. The molecule has 154 valence electrons. The molecule has 0 unspecified atom stereocenters. The summed E-state index contributed by atoms with van der Waals surface area (Å²) in [6.07, 6.45) is 4.50. The third kappa shape index (κ3) is 1.58. The third-order valence-electron chi connectivity index (χ3n) is 8.23. The molecule has 2 aromatic heterocycles. The Labute approximate surface area is 195 Å². The predicted molar refractivity (Wildman–Crippen MR) is 137 cm³/mol. The van der Waals surface area contributed by atoms with Crippen molar-refractivity contribution in [2.24, 2.45) is 0 Å². The van der Waals surface area contributed by atoms with Gasteiger partial charge in [-0.3, -0.25) is 0 Å². The van der Waals surface area contributed by atoms with Crippen LogP contribution in [0.15, 0.2) is 85.2 Å². The summed E-state index contributed by atoms with van der Waals surface area (Å²) >= 11 is 0. The van der Waals surface area contributed by atoms with Crippen molar-refractivity contribution in [3.8, 4) is 34.1 Å². The van der Waals surface area contributed by atoms with E-state index in [1.54, 1.807) is 0 Å². The Bertz CT molecular complexity index is 1820. The van der Waals surface area contributed by atoms with Gasteiger partial charge in [0.05, 0.1) is 0 Å². The van der Waals surface area contributed by atoms with Gasteiger partial charge >= 0.3 is 13.7 Å². The first-order valence-electron chi connectivity index (χ1n) is 11.8. The van der Waals surface area contributed by atoms with Crippen LogP contribution < -0.4 is 31.3 Å². The predicted octanol–water partition coefficient (Wildman–Crippen LogP) is 3.41. The van der Waals surface area contributed by atoms with Crippen LogP contribution in [-0.2, 0) is 0 Å². The molecule has 0 amide bonds. The van der Waals surface area contributed by atoms with E-state index < -0.39 is 0 Å². The summed E-state index contributed by atoms with van der Waals surface area (Å²) in [7, 11) is 0. The molecule has 0 fully saturated rings. The van der Waals surface area contributed by atoms with Crippen molar-refractivity contribution in [2.45, 2.75) is 0 Å². The van der Waals surface area contributed by atoms with Gasteiger partial charge in [0.15, 0.2) is 0 Å². The van der Waals surface area contributed by atoms with E-state index >= 15 is 0 Å². The number of nitrogens with zero attached hydrogens (tertiary/aromatic N) is 2. The van der Waals surface area contributed by atoms with Gasteiger partial charge in [-0.15, -0.1) is 0 Å². The Morgan fingerprint density at radius 1 is 0.529 bits per heavy atom. The van der Waals surface area contributed by atoms with E-state index in [2.05, 4.69) is 82.0 Å². The summed E-state index contributed by atoms with van der Waals surface area (Å²) in [6.45, 7) is 0.170. The monoisotopic (exact) mass is 432 g/mol. The molecule has 6 heterocycles. The highest BCUT2D eigenvalue weighted by atomic mass is 16.5. The average molecular weight is 432 g/mol. The lowest BCUT2D eigenvalue weighted by molar-refractivity contribution is 0.465. The van der Waals surface area contributed by atoms with E-state index in [1.807, 2.05) is 12.1 Å². The third-order valence-corrected chi connectivity index (χ3v) is 8.23. The average Bonchev–Trinajstić information content (AvgIpc) is 3.50. The van der Waals surface area contributed by atoms with E-state index in [0.717, 1.165) is 23.0 Å². The van der Waals surface area contributed by atoms with Crippen LogP contribution in [0.5, 0.6) is 23.0 Å². The maximum atomic E-state index is 6.57. The lowest BCUT2D eigenvalue weighted by Gasteiger charge is -2.40. The van der Waals surface area contributed by atoms with Crippen LogP contribution >= 0.6 is 0 Å². The van der Waals surface area contributed by atoms with E-state index in [9.17, 15) is 0 Å². The van der Waals surface area contributed by atoms with E-state index in [-0.39, 0.29) is 13.7 Å². The summed E-state index contributed by atoms with van der Waals surface area (Å²) in [6, 6.07) is 25.9. The summed E-state index contributed by atoms with van der Waals surface area (Å²) in [5, 5.41) is 2.56. The largest absolute Gasteiger partial charge is 0.458 e. The molecule has 4 aliphatic rings. The Morgan fingerprint density at radius 2 is 1.06 bits per heavy atom. The minimum Gasteiger partial charge on any atom is -0.458 e. The molecule has 4 aromatic carbocycles. The molecular formula is C28H14B2N2O2. The lowest BCUT2D eigenvalue weighted by atomic mass is 9.40. The van der Waals surface area contributed by atoms with E-state index in [4.69, 9.17) is 9.47 Å². The van der Waals surface area contributed by atoms with Crippen molar-refractivity contribution in [2.75, 3.05) is 0 Å². The summed E-state index contributed by atoms with van der Waals surface area (Å²) in [5.74, 6) is 3.65. The van der Waals surface area contributed by atoms with Gasteiger partial charge in [-0.2, -0.15) is 0 Å². The summed E-state index contributed by atoms with van der Waals surface area (Å²) in [4.78, 5) is 0. The molecule has 0 atom stereocenters. The first kappa shape index (κ1) is 16.3. The number of para-hydroxylation sites is 2. The van der Waals surface area contributed by atoms with Crippen LogP contribution in [0.3, 0.4) is 0 Å². The van der Waals surface area contributed by atoms with E-state index in [0.29, 0.717) is 0 Å². The van der Waals surface area contributed by atoms with Crippen LogP contribution in [0.1, 0.15) is 0 Å². The second-order valence-electron chi connectivity index (χ2n) is 9.73. The van der Waals surface area contributed by atoms with Gasteiger partial charge in [-0.1, -0.05) is 36.4 Å². The second-order valence-corrected chi connectivity index (χ2v) is 9.73. The molecule has 34 heavy (non-hydrogen) atoms. The highest BCUT2D eigenvalue weighted by molar-refractivity contribution is 6.92. The normalized spacial score (nSPS) is 14.8. The molecule has 0 spiro atoms. The zero-order valence-corrected chi connectivity index (χ0v) is 17.9. The summed E-state index contributed by atoms with van der Waals surface area (Å²) in [5.41, 5.74) is 10.2. The maximum absolute atomic E-state index is 6.57. The SMILES string of the molecule is c1ccc2c(c1)Oc1cc3c4c5c1B2n1ccc2cc6ccn(c6c-5c21)B4c1ccccc1O3. The number of hydrogen-bond donors (Lipinski definition) is 0. The Hall–Kier alpha value is -4.31. The Balaban J connectivity index is 1.49. The lowest BCUT2D eigenvalue weighted by Crippen LogP contribution is -2.60. The molecule has 0 saturated heterocycles. The fourth-order valence-corrected chi connectivity index (χ4v) is 7.02. The van der Waals surface area contributed by atoms with Gasteiger partial charge in [0.2, 0.25) is 0 Å². The molecule has 6 heteroatoms. The first-order valence-corrected chi connectivity index (χ1v) is 11.8.